The maximum Gasteiger partial charge on any atom is 0.245 e. The first-order valence-electron chi connectivity index (χ1n) is 7.15. The van der Waals surface area contributed by atoms with Crippen molar-refractivity contribution in [3.8, 4) is 0 Å². The van der Waals surface area contributed by atoms with Crippen LogP contribution in [0.3, 0.4) is 0 Å². The van der Waals surface area contributed by atoms with Gasteiger partial charge in [-0.1, -0.05) is 20.8 Å². The van der Waals surface area contributed by atoms with E-state index in [4.69, 9.17) is 0 Å². The van der Waals surface area contributed by atoms with E-state index < -0.39 is 0 Å². The Morgan fingerprint density at radius 1 is 1.37 bits per heavy atom. The monoisotopic (exact) mass is 286 g/mol. The Bertz CT molecular complexity index is 321. The molecule has 4 nitrogen and oxygen atoms in total. The van der Waals surface area contributed by atoms with Crippen LogP contribution in [0.5, 0.6) is 0 Å². The molecule has 1 N–H and O–H groups in total. The maximum atomic E-state index is 12.5. The van der Waals surface area contributed by atoms with Gasteiger partial charge < -0.3 is 10.2 Å². The van der Waals surface area contributed by atoms with Crippen molar-refractivity contribution in [3.63, 3.8) is 0 Å². The van der Waals surface area contributed by atoms with Crippen LogP contribution in [0.2, 0.25) is 0 Å². The number of carbonyl (C=O) groups is 2. The highest BCUT2D eigenvalue weighted by atomic mass is 32.2. The quantitative estimate of drug-likeness (QED) is 0.759. The van der Waals surface area contributed by atoms with Crippen LogP contribution in [-0.2, 0) is 9.59 Å². The Kier molecular flexibility index (Phi) is 6.69. The van der Waals surface area contributed by atoms with Gasteiger partial charge >= 0.3 is 0 Å². The zero-order chi connectivity index (χ0) is 14.4. The number of hydrogen-bond acceptors (Lipinski definition) is 3. The van der Waals surface area contributed by atoms with Gasteiger partial charge in [0.05, 0.1) is 0 Å². The highest BCUT2D eigenvalue weighted by Gasteiger charge is 2.33. The lowest BCUT2D eigenvalue weighted by Gasteiger charge is -2.31. The van der Waals surface area contributed by atoms with E-state index in [2.05, 4.69) is 19.2 Å². The van der Waals surface area contributed by atoms with Gasteiger partial charge in [0.15, 0.2) is 0 Å². The van der Waals surface area contributed by atoms with E-state index in [9.17, 15) is 9.59 Å². The number of hydrogen-bond donors (Lipinski definition) is 1. The summed E-state index contributed by atoms with van der Waals surface area (Å²) in [5.74, 6) is 2.37. The molecule has 19 heavy (non-hydrogen) atoms. The first-order chi connectivity index (χ1) is 8.97. The minimum atomic E-state index is -0.365. The van der Waals surface area contributed by atoms with Crippen LogP contribution in [-0.4, -0.2) is 46.8 Å². The van der Waals surface area contributed by atoms with Crippen molar-refractivity contribution in [2.45, 2.75) is 52.6 Å². The zero-order valence-electron chi connectivity index (χ0n) is 12.4. The summed E-state index contributed by atoms with van der Waals surface area (Å²) >= 11 is 1.89. The lowest BCUT2D eigenvalue weighted by molar-refractivity contribution is -0.136. The van der Waals surface area contributed by atoms with Gasteiger partial charge in [0.25, 0.3) is 0 Å². The molecular formula is C14H26N2O2S. The van der Waals surface area contributed by atoms with Crippen LogP contribution in [0.4, 0.5) is 0 Å². The first kappa shape index (κ1) is 16.3. The summed E-state index contributed by atoms with van der Waals surface area (Å²) in [6.07, 6.45) is 1.41. The minimum Gasteiger partial charge on any atom is -0.344 e. The molecule has 1 fully saturated rings. The summed E-state index contributed by atoms with van der Waals surface area (Å²) in [6, 6.07) is -0.156. The van der Waals surface area contributed by atoms with Crippen LogP contribution < -0.4 is 5.32 Å². The third-order valence-electron chi connectivity index (χ3n) is 3.53. The summed E-state index contributed by atoms with van der Waals surface area (Å²) in [4.78, 5) is 26.1. The maximum absolute atomic E-state index is 12.5. The molecular weight excluding hydrogens is 260 g/mol. The highest BCUT2D eigenvalue weighted by molar-refractivity contribution is 7.99. The van der Waals surface area contributed by atoms with Crippen molar-refractivity contribution < 1.29 is 9.59 Å². The molecule has 0 spiro atoms. The molecule has 1 saturated heterocycles. The molecule has 1 rings (SSSR count). The van der Waals surface area contributed by atoms with E-state index >= 15 is 0 Å². The summed E-state index contributed by atoms with van der Waals surface area (Å²) in [5, 5.41) is 2.84. The normalized spacial score (nSPS) is 22.4. The fourth-order valence-electron chi connectivity index (χ4n) is 2.26. The van der Waals surface area contributed by atoms with Crippen molar-refractivity contribution in [2.24, 2.45) is 5.92 Å². The molecule has 2 atom stereocenters. The van der Waals surface area contributed by atoms with Gasteiger partial charge in [-0.3, -0.25) is 9.59 Å². The minimum absolute atomic E-state index is 0.00955. The molecule has 0 saturated carbocycles. The van der Waals surface area contributed by atoms with Crippen molar-refractivity contribution in [1.29, 1.82) is 0 Å². The fraction of sp³-hybridized carbons (Fsp3) is 0.857. The molecule has 0 radical (unpaired) electrons. The molecule has 0 aromatic rings. The second-order valence-electron chi connectivity index (χ2n) is 5.41. The molecule has 1 aliphatic heterocycles. The number of amides is 2. The van der Waals surface area contributed by atoms with Gasteiger partial charge in [-0.2, -0.15) is 11.8 Å². The van der Waals surface area contributed by atoms with Gasteiger partial charge in [0, 0.05) is 19.0 Å². The zero-order valence-corrected chi connectivity index (χ0v) is 13.3. The van der Waals surface area contributed by atoms with Crippen molar-refractivity contribution in [2.75, 3.05) is 18.1 Å². The van der Waals surface area contributed by atoms with Crippen LogP contribution >= 0.6 is 11.8 Å². The topological polar surface area (TPSA) is 49.4 Å². The molecule has 0 bridgehead atoms. The summed E-state index contributed by atoms with van der Waals surface area (Å²) < 4.78 is 0. The van der Waals surface area contributed by atoms with Gasteiger partial charge in [-0.05, 0) is 30.8 Å². The van der Waals surface area contributed by atoms with E-state index in [0.717, 1.165) is 17.9 Å². The number of carbonyl (C=O) groups excluding carboxylic acids is 2. The predicted molar refractivity (Wildman–Crippen MR) is 80.2 cm³/mol. The average molecular weight is 286 g/mol. The number of rotatable bonds is 6. The standard InChI is InChI=1S/C14H26N2O2S/c1-5-19-9-7-11(4)16-8-6-12(17)15-13(10(2)3)14(16)18/h10-11,13H,5-9H2,1-4H3,(H,15,17). The van der Waals surface area contributed by atoms with Crippen molar-refractivity contribution in [1.82, 2.24) is 10.2 Å². The number of nitrogens with zero attached hydrogens (tertiary/aromatic N) is 1. The van der Waals surface area contributed by atoms with Crippen LogP contribution in [0.1, 0.15) is 40.5 Å². The molecule has 1 aliphatic rings. The molecule has 0 aliphatic carbocycles. The Balaban J connectivity index is 2.69. The van der Waals surface area contributed by atoms with E-state index in [-0.39, 0.29) is 29.8 Å². The first-order valence-corrected chi connectivity index (χ1v) is 8.30. The number of nitrogens with one attached hydrogen (secondary N) is 1. The highest BCUT2D eigenvalue weighted by Crippen LogP contribution is 2.16. The summed E-state index contributed by atoms with van der Waals surface area (Å²) in [5.41, 5.74) is 0. The van der Waals surface area contributed by atoms with Crippen molar-refractivity contribution >= 4 is 23.6 Å². The molecule has 1 heterocycles. The van der Waals surface area contributed by atoms with E-state index in [1.54, 1.807) is 0 Å². The van der Waals surface area contributed by atoms with Crippen molar-refractivity contribution in [3.05, 3.63) is 0 Å². The Labute approximate surface area is 120 Å². The average Bonchev–Trinajstić information content (AvgIpc) is 2.49. The molecule has 110 valence electrons. The van der Waals surface area contributed by atoms with E-state index in [1.807, 2.05) is 30.5 Å². The van der Waals surface area contributed by atoms with Gasteiger partial charge in [0.1, 0.15) is 6.04 Å². The van der Waals surface area contributed by atoms with Gasteiger partial charge in [-0.15, -0.1) is 0 Å². The van der Waals surface area contributed by atoms with Gasteiger partial charge in [-0.25, -0.2) is 0 Å². The predicted octanol–water partition coefficient (Wildman–Crippen LogP) is 1.89. The molecule has 0 aromatic carbocycles. The Morgan fingerprint density at radius 3 is 2.63 bits per heavy atom. The molecule has 0 aromatic heterocycles. The SMILES string of the molecule is CCSCCC(C)N1CCC(=O)NC(C(C)C)C1=O. The second-order valence-corrected chi connectivity index (χ2v) is 6.80. The Hall–Kier alpha value is -0.710. The summed E-state index contributed by atoms with van der Waals surface area (Å²) in [7, 11) is 0. The third-order valence-corrected chi connectivity index (χ3v) is 4.46. The van der Waals surface area contributed by atoms with E-state index in [0.29, 0.717) is 13.0 Å². The van der Waals surface area contributed by atoms with Crippen LogP contribution in [0, 0.1) is 5.92 Å². The second kappa shape index (κ2) is 7.78. The largest absolute Gasteiger partial charge is 0.344 e. The Morgan fingerprint density at radius 2 is 2.05 bits per heavy atom. The lowest BCUT2D eigenvalue weighted by Crippen LogP contribution is -2.50. The van der Waals surface area contributed by atoms with Crippen LogP contribution in [0.25, 0.3) is 0 Å². The smallest absolute Gasteiger partial charge is 0.245 e. The molecule has 2 unspecified atom stereocenters. The number of thioether (sulfide) groups is 1. The molecule has 5 heteroatoms. The third kappa shape index (κ3) is 4.71. The molecule has 2 amide bonds. The fourth-order valence-corrected chi connectivity index (χ4v) is 3.06. The van der Waals surface area contributed by atoms with Crippen LogP contribution in [0.15, 0.2) is 0 Å². The van der Waals surface area contributed by atoms with E-state index in [1.165, 1.54) is 0 Å². The summed E-state index contributed by atoms with van der Waals surface area (Å²) in [6.45, 7) is 8.73. The lowest BCUT2D eigenvalue weighted by atomic mass is 10.0. The van der Waals surface area contributed by atoms with Gasteiger partial charge in [0.2, 0.25) is 11.8 Å².